The number of H-pyrrole nitrogens is 2. The molecule has 1 aliphatic rings. The van der Waals surface area contributed by atoms with Gasteiger partial charge in [-0.05, 0) is 47.0 Å². The van der Waals surface area contributed by atoms with Gasteiger partial charge in [-0.2, -0.15) is 0 Å². The number of hydrogen-bond acceptors (Lipinski definition) is 7. The van der Waals surface area contributed by atoms with E-state index < -0.39 is 35.3 Å². The second-order valence-electron chi connectivity index (χ2n) is 10.1. The maximum Gasteiger partial charge on any atom is 0.327 e. The molecule has 0 spiro atoms. The topological polar surface area (TPSA) is 128 Å². The van der Waals surface area contributed by atoms with Crippen molar-refractivity contribution < 1.29 is 24.1 Å². The van der Waals surface area contributed by atoms with Crippen molar-refractivity contribution >= 4 is 11.0 Å². The lowest BCUT2D eigenvalue weighted by Gasteiger charge is -2.37. The Balaban J connectivity index is 1.37. The molecule has 0 bridgehead atoms. The summed E-state index contributed by atoms with van der Waals surface area (Å²) in [4.78, 5) is 29.1. The monoisotopic (exact) mass is 569 g/mol. The minimum absolute atomic E-state index is 0.0426. The molecule has 6 rings (SSSR count). The number of rotatable bonds is 9. The van der Waals surface area contributed by atoms with E-state index in [0.717, 1.165) is 16.7 Å². The van der Waals surface area contributed by atoms with Crippen molar-refractivity contribution in [2.24, 2.45) is 0 Å². The lowest BCUT2D eigenvalue weighted by molar-refractivity contribution is -0.0930. The maximum atomic E-state index is 12.2. The molecular formula is C32H31N3O7. The standard InChI is InChI=1S/C32H31N3O7/c1-39-23-12-8-21(9-13-23)32(20-6-4-3-5-7-20,22-10-14-24(40-2)15-11-22)41-19-27-26(36)18-28(42-27)35-17-16-25-29(35)33-31(38)34-30(25)37/h3-17,26-28,36H,18-19H2,1-2H3,(H2,33,34,37,38)/t26-,27+,28+/m0/s1. The van der Waals surface area contributed by atoms with Gasteiger partial charge >= 0.3 is 5.69 Å². The highest BCUT2D eigenvalue weighted by atomic mass is 16.6. The quantitative estimate of drug-likeness (QED) is 0.231. The third-order valence-corrected chi connectivity index (χ3v) is 7.77. The van der Waals surface area contributed by atoms with E-state index in [9.17, 15) is 14.7 Å². The van der Waals surface area contributed by atoms with Crippen LogP contribution in [0.1, 0.15) is 29.3 Å². The summed E-state index contributed by atoms with van der Waals surface area (Å²) in [5.41, 5.74) is 0.763. The third kappa shape index (κ3) is 4.89. The lowest BCUT2D eigenvalue weighted by Crippen LogP contribution is -2.38. The smallest absolute Gasteiger partial charge is 0.327 e. The average Bonchev–Trinajstić information content (AvgIpc) is 3.61. The van der Waals surface area contributed by atoms with Gasteiger partial charge in [-0.1, -0.05) is 54.6 Å². The molecule has 3 heterocycles. The number of aliphatic hydroxyl groups is 1. The number of ether oxygens (including phenoxy) is 4. The number of nitrogens with one attached hydrogen (secondary N) is 2. The van der Waals surface area contributed by atoms with Crippen LogP contribution in [0.5, 0.6) is 11.5 Å². The van der Waals surface area contributed by atoms with E-state index in [2.05, 4.69) is 9.97 Å². The predicted octanol–water partition coefficient (Wildman–Crippen LogP) is 3.69. The minimum atomic E-state index is -1.07. The summed E-state index contributed by atoms with van der Waals surface area (Å²) >= 11 is 0. The van der Waals surface area contributed by atoms with E-state index >= 15 is 0 Å². The summed E-state index contributed by atoms with van der Waals surface area (Å²) < 4.78 is 25.7. The van der Waals surface area contributed by atoms with Gasteiger partial charge in [0.25, 0.3) is 5.56 Å². The van der Waals surface area contributed by atoms with Gasteiger partial charge in [0.2, 0.25) is 0 Å². The Morgan fingerprint density at radius 2 is 1.45 bits per heavy atom. The van der Waals surface area contributed by atoms with E-state index in [1.807, 2.05) is 78.9 Å². The van der Waals surface area contributed by atoms with Crippen LogP contribution in [0, 0.1) is 0 Å². The number of methoxy groups -OCH3 is 2. The van der Waals surface area contributed by atoms with E-state index in [1.54, 1.807) is 31.0 Å². The average molecular weight is 570 g/mol. The zero-order valence-corrected chi connectivity index (χ0v) is 23.2. The third-order valence-electron chi connectivity index (χ3n) is 7.77. The van der Waals surface area contributed by atoms with Crippen LogP contribution in [-0.2, 0) is 15.1 Å². The van der Waals surface area contributed by atoms with Crippen LogP contribution in [0.2, 0.25) is 0 Å². The number of hydrogen-bond donors (Lipinski definition) is 3. The van der Waals surface area contributed by atoms with Crippen molar-refractivity contribution in [2.45, 2.75) is 30.5 Å². The van der Waals surface area contributed by atoms with Crippen LogP contribution in [0.3, 0.4) is 0 Å². The van der Waals surface area contributed by atoms with Gasteiger partial charge in [0.05, 0.1) is 32.3 Å². The van der Waals surface area contributed by atoms with Crippen molar-refractivity contribution in [3.63, 3.8) is 0 Å². The molecular weight excluding hydrogens is 538 g/mol. The van der Waals surface area contributed by atoms with Gasteiger partial charge < -0.3 is 28.6 Å². The van der Waals surface area contributed by atoms with E-state index in [0.29, 0.717) is 22.5 Å². The second kappa shape index (κ2) is 11.3. The van der Waals surface area contributed by atoms with Gasteiger partial charge in [0.15, 0.2) is 0 Å². The fourth-order valence-electron chi connectivity index (χ4n) is 5.63. The van der Waals surface area contributed by atoms with Crippen molar-refractivity contribution in [2.75, 3.05) is 20.8 Å². The highest BCUT2D eigenvalue weighted by molar-refractivity contribution is 5.74. The first-order chi connectivity index (χ1) is 20.4. The Kier molecular flexibility index (Phi) is 7.42. The largest absolute Gasteiger partial charge is 0.497 e. The molecule has 216 valence electrons. The zero-order valence-electron chi connectivity index (χ0n) is 23.2. The number of aromatic amines is 2. The van der Waals surface area contributed by atoms with Crippen LogP contribution >= 0.6 is 0 Å². The predicted molar refractivity (Wildman–Crippen MR) is 156 cm³/mol. The molecule has 0 radical (unpaired) electrons. The van der Waals surface area contributed by atoms with E-state index in [-0.39, 0.29) is 13.0 Å². The van der Waals surface area contributed by atoms with Crippen molar-refractivity contribution in [3.8, 4) is 11.5 Å². The zero-order chi connectivity index (χ0) is 29.3. The molecule has 0 aliphatic carbocycles. The summed E-state index contributed by atoms with van der Waals surface area (Å²) in [5.74, 6) is 1.42. The van der Waals surface area contributed by atoms with Gasteiger partial charge in [-0.15, -0.1) is 0 Å². The van der Waals surface area contributed by atoms with Gasteiger partial charge in [-0.3, -0.25) is 14.8 Å². The Bertz CT molecular complexity index is 1730. The molecule has 2 aromatic heterocycles. The Morgan fingerprint density at radius 3 is 2.05 bits per heavy atom. The first-order valence-electron chi connectivity index (χ1n) is 13.6. The van der Waals surface area contributed by atoms with Crippen LogP contribution in [0.4, 0.5) is 0 Å². The van der Waals surface area contributed by atoms with Crippen molar-refractivity contribution in [1.82, 2.24) is 14.5 Å². The van der Waals surface area contributed by atoms with Crippen LogP contribution in [0.25, 0.3) is 11.0 Å². The SMILES string of the molecule is COc1ccc(C(OC[C@H]2O[C@@H](n3ccc4c(=O)[nH]c(=O)[nH]c43)C[C@@H]2O)(c2ccccc2)c2ccc(OC)cc2)cc1. The molecule has 5 aromatic rings. The highest BCUT2D eigenvalue weighted by Crippen LogP contribution is 2.43. The normalized spacial score (nSPS) is 18.8. The van der Waals surface area contributed by atoms with Crippen molar-refractivity contribution in [1.29, 1.82) is 0 Å². The molecule has 10 nitrogen and oxygen atoms in total. The van der Waals surface area contributed by atoms with Crippen LogP contribution in [0.15, 0.2) is 101 Å². The van der Waals surface area contributed by atoms with E-state index in [4.69, 9.17) is 18.9 Å². The number of aliphatic hydroxyl groups excluding tert-OH is 1. The molecule has 1 saturated heterocycles. The molecule has 10 heteroatoms. The molecule has 3 atom stereocenters. The Hall–Kier alpha value is -4.64. The number of nitrogens with zero attached hydrogens (tertiary/aromatic N) is 1. The van der Waals surface area contributed by atoms with Gasteiger partial charge in [-0.25, -0.2) is 4.79 Å². The summed E-state index contributed by atoms with van der Waals surface area (Å²) in [5, 5.41) is 11.4. The molecule has 42 heavy (non-hydrogen) atoms. The summed E-state index contributed by atoms with van der Waals surface area (Å²) in [6.07, 6.45) is -0.256. The molecule has 3 N–H and O–H groups in total. The molecule has 0 unspecified atom stereocenters. The fraction of sp³-hybridized carbons (Fsp3) is 0.250. The van der Waals surface area contributed by atoms with E-state index in [1.165, 1.54) is 0 Å². The number of benzene rings is 3. The molecule has 1 fully saturated rings. The lowest BCUT2D eigenvalue weighted by atomic mass is 9.80. The van der Waals surface area contributed by atoms with Crippen LogP contribution < -0.4 is 20.7 Å². The highest BCUT2D eigenvalue weighted by Gasteiger charge is 2.42. The first-order valence-corrected chi connectivity index (χ1v) is 13.6. The second-order valence-corrected chi connectivity index (χ2v) is 10.1. The minimum Gasteiger partial charge on any atom is -0.497 e. The summed E-state index contributed by atoms with van der Waals surface area (Å²) in [7, 11) is 3.24. The summed E-state index contributed by atoms with van der Waals surface area (Å²) in [6.45, 7) is 0.0426. The molecule has 0 saturated carbocycles. The number of aromatic nitrogens is 3. The van der Waals surface area contributed by atoms with Crippen LogP contribution in [-0.4, -0.2) is 52.7 Å². The fourth-order valence-corrected chi connectivity index (χ4v) is 5.63. The summed E-state index contributed by atoms with van der Waals surface area (Å²) in [6, 6.07) is 26.9. The molecule has 1 aliphatic heterocycles. The Labute approximate surface area is 241 Å². The molecule has 3 aromatic carbocycles. The van der Waals surface area contributed by atoms with Crippen molar-refractivity contribution in [3.05, 3.63) is 129 Å². The van der Waals surface area contributed by atoms with Gasteiger partial charge in [0, 0.05) is 12.6 Å². The maximum absolute atomic E-state index is 12.2. The molecule has 0 amide bonds. The van der Waals surface area contributed by atoms with Gasteiger partial charge in [0.1, 0.15) is 35.1 Å². The first kappa shape index (κ1) is 27.5. The number of fused-ring (bicyclic) bond motifs is 1. The Morgan fingerprint density at radius 1 is 0.857 bits per heavy atom.